The number of nitrogens with one attached hydrogen (secondary N) is 1. The molecule has 1 heterocycles. The molecule has 0 aromatic heterocycles. The Hall–Kier alpha value is -2.05. The van der Waals surface area contributed by atoms with E-state index < -0.39 is 0 Å². The van der Waals surface area contributed by atoms with Gasteiger partial charge in [-0.25, -0.2) is 4.79 Å². The molecule has 2 aromatic carbocycles. The number of urea groups is 1. The summed E-state index contributed by atoms with van der Waals surface area (Å²) in [5.74, 6) is 0.593. The second-order valence-electron chi connectivity index (χ2n) is 5.92. The molecule has 2 aromatic rings. The average molecular weight is 392 g/mol. The summed E-state index contributed by atoms with van der Waals surface area (Å²) in [5, 5.41) is 3.46. The fraction of sp³-hybridized carbons (Fsp3) is 0.316. The van der Waals surface area contributed by atoms with Crippen LogP contribution in [0.2, 0.25) is 5.02 Å². The van der Waals surface area contributed by atoms with Gasteiger partial charge in [-0.1, -0.05) is 23.7 Å². The molecule has 0 saturated carbocycles. The van der Waals surface area contributed by atoms with Gasteiger partial charge < -0.3 is 19.9 Å². The van der Waals surface area contributed by atoms with Gasteiger partial charge in [-0.05, 0) is 36.6 Å². The maximum atomic E-state index is 12.6. The molecule has 0 atom stereocenters. The number of para-hydroxylation sites is 1. The van der Waals surface area contributed by atoms with Crippen molar-refractivity contribution in [3.63, 3.8) is 0 Å². The second kappa shape index (κ2) is 8.56. The van der Waals surface area contributed by atoms with Crippen molar-refractivity contribution < 1.29 is 9.53 Å². The first-order valence-corrected chi connectivity index (χ1v) is 10.00. The highest BCUT2D eigenvalue weighted by atomic mass is 35.5. The lowest BCUT2D eigenvalue weighted by Gasteiger charge is -2.36. The van der Waals surface area contributed by atoms with Gasteiger partial charge in [0, 0.05) is 36.1 Å². The van der Waals surface area contributed by atoms with Crippen LogP contribution in [0.3, 0.4) is 0 Å². The van der Waals surface area contributed by atoms with E-state index in [4.69, 9.17) is 16.3 Å². The van der Waals surface area contributed by atoms with Crippen molar-refractivity contribution in [2.75, 3.05) is 49.8 Å². The van der Waals surface area contributed by atoms with Crippen LogP contribution < -0.4 is 15.0 Å². The highest BCUT2D eigenvalue weighted by Gasteiger charge is 2.23. The molecule has 1 fully saturated rings. The lowest BCUT2D eigenvalue weighted by Crippen LogP contribution is -2.50. The summed E-state index contributed by atoms with van der Waals surface area (Å²) in [7, 11) is 1.57. The molecule has 3 rings (SSSR count). The van der Waals surface area contributed by atoms with Crippen LogP contribution in [0, 0.1) is 0 Å². The van der Waals surface area contributed by atoms with Gasteiger partial charge in [0.2, 0.25) is 0 Å². The Morgan fingerprint density at radius 3 is 2.58 bits per heavy atom. The zero-order chi connectivity index (χ0) is 18.5. The minimum atomic E-state index is -0.136. The number of benzene rings is 2. The van der Waals surface area contributed by atoms with Gasteiger partial charge in [-0.2, -0.15) is 0 Å². The summed E-state index contributed by atoms with van der Waals surface area (Å²) >= 11 is 7.77. The number of amides is 2. The van der Waals surface area contributed by atoms with E-state index in [1.165, 1.54) is 10.6 Å². The van der Waals surface area contributed by atoms with Gasteiger partial charge in [-0.3, -0.25) is 0 Å². The number of thioether (sulfide) groups is 1. The van der Waals surface area contributed by atoms with Crippen LogP contribution in [0.15, 0.2) is 47.4 Å². The van der Waals surface area contributed by atoms with E-state index in [-0.39, 0.29) is 6.03 Å². The quantitative estimate of drug-likeness (QED) is 0.783. The molecule has 0 aliphatic carbocycles. The molecule has 138 valence electrons. The molecule has 0 spiro atoms. The number of nitrogens with zero attached hydrogens (tertiary/aromatic N) is 2. The van der Waals surface area contributed by atoms with Crippen molar-refractivity contribution in [2.45, 2.75) is 4.90 Å². The number of rotatable bonds is 4. The molecule has 1 saturated heterocycles. The van der Waals surface area contributed by atoms with Gasteiger partial charge in [-0.15, -0.1) is 11.8 Å². The van der Waals surface area contributed by atoms with Crippen LogP contribution in [-0.4, -0.2) is 50.5 Å². The topological polar surface area (TPSA) is 44.8 Å². The Kier molecular flexibility index (Phi) is 6.16. The summed E-state index contributed by atoms with van der Waals surface area (Å²) in [6, 6.07) is 13.4. The Morgan fingerprint density at radius 2 is 1.88 bits per heavy atom. The molecule has 2 amide bonds. The predicted molar refractivity (Wildman–Crippen MR) is 109 cm³/mol. The SMILES string of the molecule is COc1ccc(Cl)cc1NC(=O)N1CCN(c2ccccc2SC)CC1. The smallest absolute Gasteiger partial charge is 0.322 e. The van der Waals surface area contributed by atoms with Gasteiger partial charge >= 0.3 is 6.03 Å². The standard InChI is InChI=1S/C19H22ClN3O2S/c1-25-17-8-7-14(20)13-15(17)21-19(24)23-11-9-22(10-12-23)16-5-3-4-6-18(16)26-2/h3-8,13H,9-12H2,1-2H3,(H,21,24). The van der Waals surface area contributed by atoms with Crippen LogP contribution in [-0.2, 0) is 0 Å². The highest BCUT2D eigenvalue weighted by molar-refractivity contribution is 7.98. The Balaban J connectivity index is 1.63. The lowest BCUT2D eigenvalue weighted by molar-refractivity contribution is 0.208. The van der Waals surface area contributed by atoms with E-state index in [1.54, 1.807) is 37.1 Å². The number of piperazine rings is 1. The average Bonchev–Trinajstić information content (AvgIpc) is 2.68. The zero-order valence-electron chi connectivity index (χ0n) is 14.9. The molecule has 1 aliphatic heterocycles. The summed E-state index contributed by atoms with van der Waals surface area (Å²) in [6.07, 6.45) is 2.08. The maximum absolute atomic E-state index is 12.6. The van der Waals surface area contributed by atoms with E-state index in [0.717, 1.165) is 13.1 Å². The van der Waals surface area contributed by atoms with Gasteiger partial charge in [0.15, 0.2) is 0 Å². The van der Waals surface area contributed by atoms with Crippen LogP contribution >= 0.6 is 23.4 Å². The van der Waals surface area contributed by atoms with Crippen molar-refractivity contribution >= 4 is 40.8 Å². The molecule has 0 bridgehead atoms. The number of carbonyl (C=O) groups is 1. The molecule has 26 heavy (non-hydrogen) atoms. The molecule has 5 nitrogen and oxygen atoms in total. The predicted octanol–water partition coefficient (Wildman–Crippen LogP) is 4.42. The largest absolute Gasteiger partial charge is 0.495 e. The second-order valence-corrected chi connectivity index (χ2v) is 7.21. The van der Waals surface area contributed by atoms with Crippen LogP contribution in [0.4, 0.5) is 16.2 Å². The van der Waals surface area contributed by atoms with Crippen LogP contribution in [0.5, 0.6) is 5.75 Å². The molecule has 0 unspecified atom stereocenters. The summed E-state index contributed by atoms with van der Waals surface area (Å²) in [6.45, 7) is 2.93. The fourth-order valence-corrected chi connectivity index (χ4v) is 3.81. The van der Waals surface area contributed by atoms with E-state index >= 15 is 0 Å². The number of carbonyl (C=O) groups excluding carboxylic acids is 1. The molecule has 1 N–H and O–H groups in total. The lowest BCUT2D eigenvalue weighted by atomic mass is 10.2. The number of halogens is 1. The molecule has 7 heteroatoms. The van der Waals surface area contributed by atoms with Crippen molar-refractivity contribution in [1.29, 1.82) is 0 Å². The maximum Gasteiger partial charge on any atom is 0.322 e. The monoisotopic (exact) mass is 391 g/mol. The Bertz CT molecular complexity index is 779. The van der Waals surface area contributed by atoms with Crippen LogP contribution in [0.25, 0.3) is 0 Å². The number of anilines is 2. The minimum absolute atomic E-state index is 0.136. The summed E-state index contributed by atoms with van der Waals surface area (Å²) in [4.78, 5) is 18.0. The molecular formula is C19H22ClN3O2S. The van der Waals surface area contributed by atoms with Gasteiger partial charge in [0.1, 0.15) is 5.75 Å². The zero-order valence-corrected chi connectivity index (χ0v) is 16.4. The van der Waals surface area contributed by atoms with Gasteiger partial charge in [0.25, 0.3) is 0 Å². The Morgan fingerprint density at radius 1 is 1.15 bits per heavy atom. The van der Waals surface area contributed by atoms with E-state index in [9.17, 15) is 4.79 Å². The fourth-order valence-electron chi connectivity index (χ4n) is 3.01. The van der Waals surface area contributed by atoms with E-state index in [0.29, 0.717) is 29.5 Å². The van der Waals surface area contributed by atoms with Crippen molar-refractivity contribution in [2.24, 2.45) is 0 Å². The number of ether oxygens (including phenoxy) is 1. The summed E-state index contributed by atoms with van der Waals surface area (Å²) in [5.41, 5.74) is 1.82. The van der Waals surface area contributed by atoms with E-state index in [1.807, 2.05) is 4.90 Å². The van der Waals surface area contributed by atoms with Crippen LogP contribution in [0.1, 0.15) is 0 Å². The number of hydrogen-bond acceptors (Lipinski definition) is 4. The highest BCUT2D eigenvalue weighted by Crippen LogP contribution is 2.30. The normalized spacial score (nSPS) is 14.3. The minimum Gasteiger partial charge on any atom is -0.495 e. The Labute approximate surface area is 163 Å². The first kappa shape index (κ1) is 18.7. The van der Waals surface area contributed by atoms with E-state index in [2.05, 4.69) is 40.7 Å². The molecule has 0 radical (unpaired) electrons. The van der Waals surface area contributed by atoms with Gasteiger partial charge in [0.05, 0.1) is 18.5 Å². The van der Waals surface area contributed by atoms with Crippen molar-refractivity contribution in [1.82, 2.24) is 4.90 Å². The molecular weight excluding hydrogens is 370 g/mol. The molecule has 1 aliphatic rings. The van der Waals surface area contributed by atoms with Crippen molar-refractivity contribution in [3.8, 4) is 5.75 Å². The first-order chi connectivity index (χ1) is 12.6. The third-order valence-electron chi connectivity index (χ3n) is 4.40. The number of methoxy groups -OCH3 is 1. The van der Waals surface area contributed by atoms with Crippen molar-refractivity contribution in [3.05, 3.63) is 47.5 Å². The summed E-state index contributed by atoms with van der Waals surface area (Å²) < 4.78 is 5.29. The third kappa shape index (κ3) is 4.19. The first-order valence-electron chi connectivity index (χ1n) is 8.40. The third-order valence-corrected chi connectivity index (χ3v) is 5.42. The number of hydrogen-bond donors (Lipinski definition) is 1.